The molecule has 3 aromatic rings. The largest absolute Gasteiger partial charge is 0.484 e. The normalized spacial score (nSPS) is 11.4. The molecule has 0 aliphatic heterocycles. The molecule has 2 aromatic heterocycles. The number of ether oxygens (including phenoxy) is 1. The highest BCUT2D eigenvalue weighted by molar-refractivity contribution is 7.11. The minimum atomic E-state index is 0.216. The SMILES string of the molecule is Cc1csc(/C(C#N)=C\c2ccc(COc3ccc(Cl)cc3Cl)o2)n1. The molecule has 0 fully saturated rings. The van der Waals surface area contributed by atoms with Crippen LogP contribution in [-0.2, 0) is 6.61 Å². The van der Waals surface area contributed by atoms with Gasteiger partial charge in [0.2, 0.25) is 0 Å². The van der Waals surface area contributed by atoms with E-state index >= 15 is 0 Å². The minimum absolute atomic E-state index is 0.216. The van der Waals surface area contributed by atoms with Crippen LogP contribution in [-0.4, -0.2) is 4.98 Å². The van der Waals surface area contributed by atoms with Gasteiger partial charge in [-0.2, -0.15) is 5.26 Å². The first-order chi connectivity index (χ1) is 12.0. The van der Waals surface area contributed by atoms with E-state index in [0.29, 0.717) is 37.9 Å². The van der Waals surface area contributed by atoms with Crippen molar-refractivity contribution in [2.75, 3.05) is 0 Å². The molecule has 3 rings (SSSR count). The van der Waals surface area contributed by atoms with E-state index in [-0.39, 0.29) is 6.61 Å². The third-order valence-electron chi connectivity index (χ3n) is 3.20. The molecule has 0 amide bonds. The van der Waals surface area contributed by atoms with Crippen LogP contribution in [0.25, 0.3) is 11.6 Å². The van der Waals surface area contributed by atoms with Crippen LogP contribution in [0.4, 0.5) is 0 Å². The fourth-order valence-corrected chi connectivity index (χ4v) is 3.28. The number of allylic oxidation sites excluding steroid dienone is 1. The Morgan fingerprint density at radius 1 is 1.36 bits per heavy atom. The summed E-state index contributed by atoms with van der Waals surface area (Å²) in [6.07, 6.45) is 1.66. The Bertz CT molecular complexity index is 970. The van der Waals surface area contributed by atoms with E-state index in [1.807, 2.05) is 12.3 Å². The minimum Gasteiger partial charge on any atom is -0.484 e. The Labute approximate surface area is 158 Å². The quantitative estimate of drug-likeness (QED) is 0.501. The summed E-state index contributed by atoms with van der Waals surface area (Å²) in [5.74, 6) is 1.70. The van der Waals surface area contributed by atoms with Gasteiger partial charge < -0.3 is 9.15 Å². The molecule has 25 heavy (non-hydrogen) atoms. The number of furan rings is 1. The molecule has 0 N–H and O–H groups in total. The second-order valence-corrected chi connectivity index (χ2v) is 6.83. The van der Waals surface area contributed by atoms with Crippen molar-refractivity contribution in [2.24, 2.45) is 0 Å². The van der Waals surface area contributed by atoms with Crippen LogP contribution in [0.3, 0.4) is 0 Å². The summed E-state index contributed by atoms with van der Waals surface area (Å²) in [4.78, 5) is 4.31. The van der Waals surface area contributed by atoms with E-state index in [4.69, 9.17) is 32.4 Å². The number of hydrogen-bond donors (Lipinski definition) is 0. The van der Waals surface area contributed by atoms with Crippen LogP contribution in [0.1, 0.15) is 22.2 Å². The molecule has 126 valence electrons. The first-order valence-corrected chi connectivity index (χ1v) is 8.89. The van der Waals surface area contributed by atoms with Gasteiger partial charge in [0, 0.05) is 22.2 Å². The number of aromatic nitrogens is 1. The molecule has 0 radical (unpaired) electrons. The van der Waals surface area contributed by atoms with Crippen LogP contribution in [0.2, 0.25) is 10.0 Å². The Hall–Kier alpha value is -2.26. The van der Waals surface area contributed by atoms with Gasteiger partial charge in [0.1, 0.15) is 35.0 Å². The van der Waals surface area contributed by atoms with Crippen LogP contribution >= 0.6 is 34.5 Å². The van der Waals surface area contributed by atoms with Crippen LogP contribution in [0.15, 0.2) is 40.1 Å². The van der Waals surface area contributed by atoms with Gasteiger partial charge in [-0.15, -0.1) is 11.3 Å². The zero-order chi connectivity index (χ0) is 17.8. The number of benzene rings is 1. The standard InChI is InChI=1S/C18H12Cl2N2O2S/c1-11-10-25-18(22-11)12(8-21)6-14-3-4-15(24-14)9-23-17-5-2-13(19)7-16(17)20/h2-7,10H,9H2,1H3/b12-6-. The Kier molecular flexibility index (Phi) is 5.44. The lowest BCUT2D eigenvalue weighted by atomic mass is 10.2. The summed E-state index contributed by atoms with van der Waals surface area (Å²) in [5.41, 5.74) is 1.34. The molecule has 7 heteroatoms. The third kappa shape index (κ3) is 4.43. The summed E-state index contributed by atoms with van der Waals surface area (Å²) >= 11 is 13.3. The Morgan fingerprint density at radius 3 is 2.88 bits per heavy atom. The molecule has 0 aliphatic rings. The van der Waals surface area contributed by atoms with Crippen molar-refractivity contribution in [3.05, 3.63) is 68.0 Å². The average molecular weight is 391 g/mol. The van der Waals surface area contributed by atoms with Gasteiger partial charge in [-0.1, -0.05) is 23.2 Å². The fourth-order valence-electron chi connectivity index (χ4n) is 2.05. The van der Waals surface area contributed by atoms with Crippen LogP contribution in [0, 0.1) is 18.3 Å². The maximum absolute atomic E-state index is 9.32. The van der Waals surface area contributed by atoms with E-state index in [1.54, 1.807) is 36.4 Å². The Morgan fingerprint density at radius 2 is 2.20 bits per heavy atom. The van der Waals surface area contributed by atoms with Crippen molar-refractivity contribution < 1.29 is 9.15 Å². The number of hydrogen-bond acceptors (Lipinski definition) is 5. The predicted octanol–water partition coefficient (Wildman–Crippen LogP) is 5.99. The molecule has 0 aliphatic carbocycles. The lowest BCUT2D eigenvalue weighted by Crippen LogP contribution is -1.94. The molecule has 0 atom stereocenters. The maximum Gasteiger partial charge on any atom is 0.146 e. The second-order valence-electron chi connectivity index (χ2n) is 5.13. The number of rotatable bonds is 5. The van der Waals surface area contributed by atoms with Gasteiger partial charge >= 0.3 is 0 Å². The van der Waals surface area contributed by atoms with Crippen LogP contribution < -0.4 is 4.74 Å². The van der Waals surface area contributed by atoms with Crippen molar-refractivity contribution in [1.29, 1.82) is 5.26 Å². The highest BCUT2D eigenvalue weighted by atomic mass is 35.5. The molecule has 1 aromatic carbocycles. The van der Waals surface area contributed by atoms with Crippen molar-refractivity contribution >= 4 is 46.2 Å². The number of nitrogens with zero attached hydrogens (tertiary/aromatic N) is 2. The van der Waals surface area contributed by atoms with Crippen molar-refractivity contribution in [1.82, 2.24) is 4.98 Å². The first kappa shape index (κ1) is 17.6. The fraction of sp³-hybridized carbons (Fsp3) is 0.111. The number of aryl methyl sites for hydroxylation is 1. The van der Waals surface area contributed by atoms with Gasteiger partial charge in [0.25, 0.3) is 0 Å². The summed E-state index contributed by atoms with van der Waals surface area (Å²) in [5, 5.41) is 12.9. The average Bonchev–Trinajstić information content (AvgIpc) is 3.21. The predicted molar refractivity (Wildman–Crippen MR) is 99.8 cm³/mol. The van der Waals surface area contributed by atoms with E-state index in [2.05, 4.69) is 11.1 Å². The molecule has 0 saturated heterocycles. The summed E-state index contributed by atoms with van der Waals surface area (Å²) in [6, 6.07) is 10.7. The monoisotopic (exact) mass is 390 g/mol. The molecular formula is C18H12Cl2N2O2S. The number of thiazole rings is 1. The number of nitriles is 1. The maximum atomic E-state index is 9.32. The lowest BCUT2D eigenvalue weighted by Gasteiger charge is -2.06. The zero-order valence-corrected chi connectivity index (χ0v) is 15.5. The van der Waals surface area contributed by atoms with E-state index in [9.17, 15) is 5.26 Å². The van der Waals surface area contributed by atoms with Crippen LogP contribution in [0.5, 0.6) is 5.75 Å². The van der Waals surface area contributed by atoms with Gasteiger partial charge in [0.05, 0.1) is 10.6 Å². The van der Waals surface area contributed by atoms with E-state index in [0.717, 1.165) is 5.69 Å². The molecule has 2 heterocycles. The highest BCUT2D eigenvalue weighted by Gasteiger charge is 2.09. The molecule has 4 nitrogen and oxygen atoms in total. The second kappa shape index (κ2) is 7.75. The smallest absolute Gasteiger partial charge is 0.146 e. The molecule has 0 spiro atoms. The van der Waals surface area contributed by atoms with Gasteiger partial charge in [0.15, 0.2) is 0 Å². The van der Waals surface area contributed by atoms with E-state index < -0.39 is 0 Å². The van der Waals surface area contributed by atoms with Gasteiger partial charge in [-0.05, 0) is 37.3 Å². The van der Waals surface area contributed by atoms with Crippen molar-refractivity contribution in [3.8, 4) is 11.8 Å². The third-order valence-corrected chi connectivity index (χ3v) is 4.73. The van der Waals surface area contributed by atoms with Crippen molar-refractivity contribution in [3.63, 3.8) is 0 Å². The van der Waals surface area contributed by atoms with Gasteiger partial charge in [-0.25, -0.2) is 4.98 Å². The summed E-state index contributed by atoms with van der Waals surface area (Å²) < 4.78 is 11.3. The number of halogens is 2. The van der Waals surface area contributed by atoms with Crippen molar-refractivity contribution in [2.45, 2.75) is 13.5 Å². The molecule has 0 unspecified atom stereocenters. The molecule has 0 saturated carbocycles. The highest BCUT2D eigenvalue weighted by Crippen LogP contribution is 2.28. The van der Waals surface area contributed by atoms with Gasteiger partial charge in [-0.3, -0.25) is 0 Å². The first-order valence-electron chi connectivity index (χ1n) is 7.26. The van der Waals surface area contributed by atoms with E-state index in [1.165, 1.54) is 11.3 Å². The summed E-state index contributed by atoms with van der Waals surface area (Å²) in [7, 11) is 0. The zero-order valence-electron chi connectivity index (χ0n) is 13.1. The topological polar surface area (TPSA) is 59.0 Å². The lowest BCUT2D eigenvalue weighted by molar-refractivity contribution is 0.269. The summed E-state index contributed by atoms with van der Waals surface area (Å²) in [6.45, 7) is 2.10. The molecule has 0 bridgehead atoms. The molecular weight excluding hydrogens is 379 g/mol. The Balaban J connectivity index is 1.71.